The monoisotopic (exact) mass is 534 g/mol. The van der Waals surface area contributed by atoms with Gasteiger partial charge in [-0.15, -0.1) is 10.2 Å². The van der Waals surface area contributed by atoms with Gasteiger partial charge in [-0.05, 0) is 35.4 Å². The minimum Gasteiger partial charge on any atom is -0.267 e. The Hall–Kier alpha value is -4.49. The maximum Gasteiger partial charge on any atom is 0.417 e. The third kappa shape index (κ3) is 4.53. The van der Waals surface area contributed by atoms with Gasteiger partial charge in [0.05, 0.1) is 29.9 Å². The normalized spacial score (nSPS) is 11.6. The van der Waals surface area contributed by atoms with Crippen LogP contribution in [0.2, 0.25) is 5.02 Å². The van der Waals surface area contributed by atoms with Crippen LogP contribution in [0.15, 0.2) is 71.7 Å². The number of pyridine rings is 1. The molecule has 0 bridgehead atoms. The van der Waals surface area contributed by atoms with Crippen LogP contribution >= 0.6 is 11.6 Å². The molecule has 2 aromatic carbocycles. The summed E-state index contributed by atoms with van der Waals surface area (Å²) in [5.41, 5.74) is 1.83. The van der Waals surface area contributed by atoms with Gasteiger partial charge < -0.3 is 0 Å². The highest BCUT2D eigenvalue weighted by Crippen LogP contribution is 2.35. The number of halogens is 4. The van der Waals surface area contributed by atoms with Gasteiger partial charge in [-0.1, -0.05) is 54.9 Å². The van der Waals surface area contributed by atoms with E-state index in [0.717, 1.165) is 12.3 Å². The maximum absolute atomic E-state index is 14.2. The van der Waals surface area contributed by atoms with Gasteiger partial charge in [-0.25, -0.2) is 14.0 Å². The van der Waals surface area contributed by atoms with Gasteiger partial charge in [0.1, 0.15) is 0 Å². The summed E-state index contributed by atoms with van der Waals surface area (Å²) >= 11 is 6.10. The lowest BCUT2D eigenvalue weighted by molar-refractivity contribution is -0.137. The van der Waals surface area contributed by atoms with E-state index in [4.69, 9.17) is 18.2 Å². The maximum atomic E-state index is 14.2. The zero-order chi connectivity index (χ0) is 27.0. The Balaban J connectivity index is 1.80. The zero-order valence-corrected chi connectivity index (χ0v) is 20.6. The van der Waals surface area contributed by atoms with E-state index in [9.17, 15) is 18.0 Å². The first-order valence-corrected chi connectivity index (χ1v) is 11.9. The molecule has 5 aromatic rings. The molecule has 0 spiro atoms. The van der Waals surface area contributed by atoms with Crippen LogP contribution in [-0.2, 0) is 19.1 Å². The highest BCUT2D eigenvalue weighted by Gasteiger charge is 2.31. The van der Waals surface area contributed by atoms with Crippen molar-refractivity contribution >= 4 is 22.9 Å². The Morgan fingerprint density at radius 2 is 1.61 bits per heavy atom. The number of hydrogen-bond acceptors (Lipinski definition) is 4. The first-order chi connectivity index (χ1) is 18.2. The number of benzene rings is 2. The van der Waals surface area contributed by atoms with Gasteiger partial charge in [0.15, 0.2) is 17.2 Å². The summed E-state index contributed by atoms with van der Waals surface area (Å²) in [7, 11) is 0. The van der Waals surface area contributed by atoms with Crippen molar-refractivity contribution in [3.8, 4) is 22.3 Å². The molecule has 0 aliphatic heterocycles. The van der Waals surface area contributed by atoms with Crippen LogP contribution in [0.25, 0.3) is 32.7 Å². The Morgan fingerprint density at radius 1 is 0.947 bits per heavy atom. The molecule has 0 atom stereocenters. The number of rotatable bonds is 5. The highest BCUT2D eigenvalue weighted by atomic mass is 35.5. The summed E-state index contributed by atoms with van der Waals surface area (Å²) in [6.07, 6.45) is -3.33. The molecular formula is C27H18ClF3N6O. The fourth-order valence-corrected chi connectivity index (χ4v) is 4.35. The third-order valence-corrected chi connectivity index (χ3v) is 6.32. The van der Waals surface area contributed by atoms with Crippen LogP contribution in [0.1, 0.15) is 24.0 Å². The molecule has 0 saturated heterocycles. The molecule has 0 N–H and O–H groups in total. The van der Waals surface area contributed by atoms with E-state index < -0.39 is 17.3 Å². The molecule has 0 aliphatic rings. The van der Waals surface area contributed by atoms with Crippen LogP contribution in [0.4, 0.5) is 18.9 Å². The van der Waals surface area contributed by atoms with Gasteiger partial charge in [-0.2, -0.15) is 13.2 Å². The average molecular weight is 535 g/mol. The van der Waals surface area contributed by atoms with E-state index in [1.807, 2.05) is 6.92 Å². The van der Waals surface area contributed by atoms with Crippen LogP contribution in [-0.4, -0.2) is 24.4 Å². The van der Waals surface area contributed by atoms with Crippen LogP contribution in [0.3, 0.4) is 0 Å². The van der Waals surface area contributed by atoms with Gasteiger partial charge in [0.2, 0.25) is 0 Å². The second-order valence-electron chi connectivity index (χ2n) is 8.42. The van der Waals surface area contributed by atoms with Crippen molar-refractivity contribution < 1.29 is 13.2 Å². The van der Waals surface area contributed by atoms with Crippen molar-refractivity contribution in [3.63, 3.8) is 0 Å². The highest BCUT2D eigenvalue weighted by molar-refractivity contribution is 6.30. The van der Waals surface area contributed by atoms with Gasteiger partial charge in [-0.3, -0.25) is 9.78 Å². The van der Waals surface area contributed by atoms with Crippen molar-refractivity contribution in [1.82, 2.24) is 24.4 Å². The van der Waals surface area contributed by atoms with E-state index in [0.29, 0.717) is 50.9 Å². The summed E-state index contributed by atoms with van der Waals surface area (Å²) in [5.74, 6) is 0.491. The standard InChI is InChI=1S/C27H18ClF3N6O/c1-3-22-34-35-25-23(16-6-11-20(32-2)12-7-16)24(17-4-9-19(28)10-5-17)26(38)36(37(22)25)15-21-13-8-18(14-33-21)27(29,30)31/h4-14H,3,15H2,1H3. The van der Waals surface area contributed by atoms with Gasteiger partial charge in [0.25, 0.3) is 5.56 Å². The SMILES string of the molecule is [C-]#[N+]c1ccc(-c2c(-c3ccc(Cl)cc3)c(=O)n(Cc3ccc(C(F)(F)F)cn3)n3c(CC)nnc23)cc1. The summed E-state index contributed by atoms with van der Waals surface area (Å²) in [6, 6.07) is 15.7. The van der Waals surface area contributed by atoms with Crippen LogP contribution < -0.4 is 5.56 Å². The van der Waals surface area contributed by atoms with E-state index in [-0.39, 0.29) is 12.2 Å². The molecular weight excluding hydrogens is 517 g/mol. The van der Waals surface area contributed by atoms with Gasteiger partial charge >= 0.3 is 6.18 Å². The number of fused-ring (bicyclic) bond motifs is 1. The number of nitrogens with zero attached hydrogens (tertiary/aromatic N) is 6. The molecule has 3 aromatic heterocycles. The smallest absolute Gasteiger partial charge is 0.267 e. The van der Waals surface area contributed by atoms with Crippen molar-refractivity contribution in [2.45, 2.75) is 26.1 Å². The summed E-state index contributed by atoms with van der Waals surface area (Å²) in [5, 5.41) is 9.18. The van der Waals surface area contributed by atoms with Crippen LogP contribution in [0.5, 0.6) is 0 Å². The molecule has 38 heavy (non-hydrogen) atoms. The molecule has 190 valence electrons. The zero-order valence-electron chi connectivity index (χ0n) is 19.9. The lowest BCUT2D eigenvalue weighted by atomic mass is 9.96. The molecule has 0 radical (unpaired) electrons. The topological polar surface area (TPSA) is 69.4 Å². The molecule has 5 rings (SSSR count). The fraction of sp³-hybridized carbons (Fsp3) is 0.148. The summed E-state index contributed by atoms with van der Waals surface area (Å²) < 4.78 is 42.1. The first-order valence-electron chi connectivity index (χ1n) is 11.5. The minimum absolute atomic E-state index is 0.115. The fourth-order valence-electron chi connectivity index (χ4n) is 4.22. The first kappa shape index (κ1) is 25.2. The lowest BCUT2D eigenvalue weighted by Gasteiger charge is -2.18. The van der Waals surface area contributed by atoms with E-state index >= 15 is 0 Å². The molecule has 11 heteroatoms. The van der Waals surface area contributed by atoms with Crippen molar-refractivity contribution in [2.75, 3.05) is 0 Å². The largest absolute Gasteiger partial charge is 0.417 e. The van der Waals surface area contributed by atoms with Gasteiger partial charge in [0, 0.05) is 23.2 Å². The molecule has 3 heterocycles. The lowest BCUT2D eigenvalue weighted by Crippen LogP contribution is -2.30. The average Bonchev–Trinajstić information content (AvgIpc) is 3.34. The third-order valence-electron chi connectivity index (χ3n) is 6.07. The second kappa shape index (κ2) is 9.76. The quantitative estimate of drug-likeness (QED) is 0.243. The Labute approximate surface area is 219 Å². The summed E-state index contributed by atoms with van der Waals surface area (Å²) in [4.78, 5) is 21.6. The molecule has 0 aliphatic carbocycles. The molecule has 0 saturated carbocycles. The number of alkyl halides is 3. The van der Waals surface area contributed by atoms with E-state index in [1.54, 1.807) is 53.0 Å². The van der Waals surface area contributed by atoms with Crippen molar-refractivity contribution in [2.24, 2.45) is 0 Å². The Bertz CT molecular complexity index is 1730. The summed E-state index contributed by atoms with van der Waals surface area (Å²) in [6.45, 7) is 9.00. The minimum atomic E-state index is -4.52. The molecule has 0 amide bonds. The van der Waals surface area contributed by atoms with E-state index in [2.05, 4.69) is 20.0 Å². The molecule has 0 unspecified atom stereocenters. The Kier molecular flexibility index (Phi) is 6.46. The van der Waals surface area contributed by atoms with Crippen molar-refractivity contribution in [3.05, 3.63) is 111 Å². The molecule has 0 fully saturated rings. The van der Waals surface area contributed by atoms with Crippen molar-refractivity contribution in [1.29, 1.82) is 0 Å². The Morgan fingerprint density at radius 3 is 2.18 bits per heavy atom. The van der Waals surface area contributed by atoms with Crippen LogP contribution in [0, 0.1) is 6.57 Å². The number of hydrogen-bond donors (Lipinski definition) is 0. The molecule has 7 nitrogen and oxygen atoms in total. The number of aryl methyl sites for hydroxylation is 1. The number of aromatic nitrogens is 5. The van der Waals surface area contributed by atoms with E-state index in [1.165, 1.54) is 10.7 Å². The predicted octanol–water partition coefficient (Wildman–Crippen LogP) is 6.45. The predicted molar refractivity (Wildman–Crippen MR) is 137 cm³/mol. The second-order valence-corrected chi connectivity index (χ2v) is 8.86.